The predicted molar refractivity (Wildman–Crippen MR) is 104 cm³/mol. The van der Waals surface area contributed by atoms with E-state index >= 15 is 0 Å². The van der Waals surface area contributed by atoms with Crippen LogP contribution in [0.4, 0.5) is 16.3 Å². The van der Waals surface area contributed by atoms with Crippen LogP contribution in [0.1, 0.15) is 17.3 Å². The molecule has 1 aromatic heterocycles. The highest BCUT2D eigenvalue weighted by atomic mass is 35.5. The minimum Gasteiger partial charge on any atom is -0.450 e. The zero-order valence-electron chi connectivity index (χ0n) is 15.0. The van der Waals surface area contributed by atoms with Crippen LogP contribution in [0.5, 0.6) is 0 Å². The van der Waals surface area contributed by atoms with Gasteiger partial charge in [0.25, 0.3) is 5.91 Å². The second-order valence-electron chi connectivity index (χ2n) is 6.01. The molecule has 3 rings (SSSR count). The van der Waals surface area contributed by atoms with E-state index in [-0.39, 0.29) is 12.0 Å². The van der Waals surface area contributed by atoms with Crippen molar-refractivity contribution in [2.24, 2.45) is 0 Å². The highest BCUT2D eigenvalue weighted by molar-refractivity contribution is 6.33. The molecule has 1 aliphatic heterocycles. The number of amides is 2. The van der Waals surface area contributed by atoms with E-state index in [2.05, 4.69) is 15.2 Å². The number of carbonyl (C=O) groups excluding carboxylic acids is 2. The number of piperazine rings is 1. The molecule has 142 valence electrons. The van der Waals surface area contributed by atoms with Gasteiger partial charge in [-0.05, 0) is 31.2 Å². The molecule has 27 heavy (non-hydrogen) atoms. The van der Waals surface area contributed by atoms with Gasteiger partial charge >= 0.3 is 6.09 Å². The Kier molecular flexibility index (Phi) is 6.13. The van der Waals surface area contributed by atoms with E-state index < -0.39 is 0 Å². The number of benzene rings is 1. The number of aromatic nitrogens is 1. The standard InChI is InChI=1S/C19H21ClN4O3/c1-2-27-19(26)24-11-9-23(10-12-24)17-8-7-14(13-21-17)18(25)22-16-6-4-3-5-15(16)20/h3-8,13H,2,9-12H2,1H3,(H,22,25). The third kappa shape index (κ3) is 4.68. The van der Waals surface area contributed by atoms with E-state index in [0.717, 1.165) is 5.82 Å². The van der Waals surface area contributed by atoms with Gasteiger partial charge < -0.3 is 19.9 Å². The number of rotatable bonds is 4. The summed E-state index contributed by atoms with van der Waals surface area (Å²) in [5, 5.41) is 3.25. The van der Waals surface area contributed by atoms with E-state index in [1.54, 1.807) is 48.4 Å². The van der Waals surface area contributed by atoms with Gasteiger partial charge in [-0.3, -0.25) is 4.79 Å². The van der Waals surface area contributed by atoms with Gasteiger partial charge in [0.1, 0.15) is 5.82 Å². The normalized spacial score (nSPS) is 14.0. The molecule has 1 fully saturated rings. The Hall–Kier alpha value is -2.80. The van der Waals surface area contributed by atoms with Gasteiger partial charge in [0, 0.05) is 32.4 Å². The molecule has 0 aliphatic carbocycles. The quantitative estimate of drug-likeness (QED) is 0.870. The SMILES string of the molecule is CCOC(=O)N1CCN(c2ccc(C(=O)Nc3ccccc3Cl)cn2)CC1. The monoisotopic (exact) mass is 388 g/mol. The average molecular weight is 389 g/mol. The number of hydrogen-bond donors (Lipinski definition) is 1. The summed E-state index contributed by atoms with van der Waals surface area (Å²) in [6, 6.07) is 10.6. The molecule has 2 amide bonds. The molecule has 1 N–H and O–H groups in total. The van der Waals surface area contributed by atoms with Crippen LogP contribution in [0.2, 0.25) is 5.02 Å². The molecule has 1 aliphatic rings. The van der Waals surface area contributed by atoms with Crippen molar-refractivity contribution in [1.29, 1.82) is 0 Å². The summed E-state index contributed by atoms with van der Waals surface area (Å²) in [5.74, 6) is 0.502. The number of carbonyl (C=O) groups is 2. The zero-order valence-corrected chi connectivity index (χ0v) is 15.8. The second kappa shape index (κ2) is 8.73. The number of ether oxygens (including phenoxy) is 1. The summed E-state index contributed by atoms with van der Waals surface area (Å²) < 4.78 is 5.02. The molecule has 1 aromatic carbocycles. The van der Waals surface area contributed by atoms with Crippen molar-refractivity contribution in [2.45, 2.75) is 6.92 Å². The molecule has 2 heterocycles. The fourth-order valence-corrected chi connectivity index (χ4v) is 2.98. The number of hydrogen-bond acceptors (Lipinski definition) is 5. The number of nitrogens with zero attached hydrogens (tertiary/aromatic N) is 3. The van der Waals surface area contributed by atoms with Gasteiger partial charge in [0.2, 0.25) is 0 Å². The maximum atomic E-state index is 12.4. The third-order valence-electron chi connectivity index (χ3n) is 4.26. The smallest absolute Gasteiger partial charge is 0.409 e. The molecule has 8 heteroatoms. The number of nitrogens with one attached hydrogen (secondary N) is 1. The number of para-hydroxylation sites is 1. The minimum absolute atomic E-state index is 0.269. The van der Waals surface area contributed by atoms with Crippen LogP contribution in [0.3, 0.4) is 0 Å². The molecule has 0 atom stereocenters. The molecule has 1 saturated heterocycles. The van der Waals surface area contributed by atoms with Crippen molar-refractivity contribution in [3.05, 3.63) is 53.2 Å². The highest BCUT2D eigenvalue weighted by Crippen LogP contribution is 2.21. The van der Waals surface area contributed by atoms with Gasteiger partial charge in [0.15, 0.2) is 0 Å². The average Bonchev–Trinajstić information content (AvgIpc) is 2.70. The Balaban J connectivity index is 1.58. The van der Waals surface area contributed by atoms with E-state index in [4.69, 9.17) is 16.3 Å². The minimum atomic E-state index is -0.281. The third-order valence-corrected chi connectivity index (χ3v) is 4.59. The fourth-order valence-electron chi connectivity index (χ4n) is 2.80. The molecule has 0 bridgehead atoms. The Labute approximate surface area is 162 Å². The Morgan fingerprint density at radius 3 is 2.52 bits per heavy atom. The lowest BCUT2D eigenvalue weighted by molar-refractivity contribution is 0.102. The van der Waals surface area contributed by atoms with Crippen molar-refractivity contribution in [1.82, 2.24) is 9.88 Å². The van der Waals surface area contributed by atoms with Crippen molar-refractivity contribution in [3.8, 4) is 0 Å². The van der Waals surface area contributed by atoms with Crippen LogP contribution in [-0.2, 0) is 4.74 Å². The summed E-state index contributed by atoms with van der Waals surface area (Å²) in [6.45, 7) is 4.65. The van der Waals surface area contributed by atoms with Crippen LogP contribution >= 0.6 is 11.6 Å². The highest BCUT2D eigenvalue weighted by Gasteiger charge is 2.22. The van der Waals surface area contributed by atoms with Gasteiger partial charge in [-0.1, -0.05) is 23.7 Å². The second-order valence-corrected chi connectivity index (χ2v) is 6.42. The van der Waals surface area contributed by atoms with Crippen LogP contribution < -0.4 is 10.2 Å². The summed E-state index contributed by atoms with van der Waals surface area (Å²) >= 11 is 6.06. The van der Waals surface area contributed by atoms with Crippen LogP contribution in [0, 0.1) is 0 Å². The van der Waals surface area contributed by atoms with Crippen molar-refractivity contribution < 1.29 is 14.3 Å². The predicted octanol–water partition coefficient (Wildman–Crippen LogP) is 3.27. The van der Waals surface area contributed by atoms with Gasteiger partial charge in [-0.25, -0.2) is 9.78 Å². The van der Waals surface area contributed by atoms with Crippen molar-refractivity contribution in [2.75, 3.05) is 43.0 Å². The molecule has 0 radical (unpaired) electrons. The molecular weight excluding hydrogens is 368 g/mol. The summed E-state index contributed by atoms with van der Waals surface area (Å²) in [6.07, 6.45) is 1.26. The largest absolute Gasteiger partial charge is 0.450 e. The first-order chi connectivity index (χ1) is 13.1. The number of anilines is 2. The molecule has 2 aromatic rings. The fraction of sp³-hybridized carbons (Fsp3) is 0.316. The summed E-state index contributed by atoms with van der Waals surface area (Å²) in [5.41, 5.74) is 1.01. The first kappa shape index (κ1) is 19.0. The topological polar surface area (TPSA) is 74.8 Å². The summed E-state index contributed by atoms with van der Waals surface area (Å²) in [4.78, 5) is 32.3. The molecule has 7 nitrogen and oxygen atoms in total. The lowest BCUT2D eigenvalue weighted by Crippen LogP contribution is -2.49. The Morgan fingerprint density at radius 1 is 1.15 bits per heavy atom. The van der Waals surface area contributed by atoms with E-state index in [1.165, 1.54) is 0 Å². The van der Waals surface area contributed by atoms with E-state index in [1.807, 2.05) is 6.07 Å². The molecule has 0 unspecified atom stereocenters. The summed E-state index contributed by atoms with van der Waals surface area (Å²) in [7, 11) is 0. The molecular formula is C19H21ClN4O3. The zero-order chi connectivity index (χ0) is 19.2. The Morgan fingerprint density at radius 2 is 1.89 bits per heavy atom. The Bertz CT molecular complexity index is 805. The van der Waals surface area contributed by atoms with E-state index in [9.17, 15) is 9.59 Å². The molecule has 0 spiro atoms. The number of pyridine rings is 1. The maximum Gasteiger partial charge on any atom is 0.409 e. The lowest BCUT2D eigenvalue weighted by Gasteiger charge is -2.34. The van der Waals surface area contributed by atoms with Crippen LogP contribution in [0.25, 0.3) is 0 Å². The maximum absolute atomic E-state index is 12.4. The molecule has 0 saturated carbocycles. The lowest BCUT2D eigenvalue weighted by atomic mass is 10.2. The van der Waals surface area contributed by atoms with Gasteiger partial charge in [-0.15, -0.1) is 0 Å². The first-order valence-electron chi connectivity index (χ1n) is 8.77. The number of halogens is 1. The van der Waals surface area contributed by atoms with Crippen LogP contribution in [0.15, 0.2) is 42.6 Å². The van der Waals surface area contributed by atoms with E-state index in [0.29, 0.717) is 49.1 Å². The van der Waals surface area contributed by atoms with Crippen molar-refractivity contribution >= 4 is 35.1 Å². The van der Waals surface area contributed by atoms with Crippen molar-refractivity contribution in [3.63, 3.8) is 0 Å². The van der Waals surface area contributed by atoms with Gasteiger partial charge in [0.05, 0.1) is 22.9 Å². The van der Waals surface area contributed by atoms with Gasteiger partial charge in [-0.2, -0.15) is 0 Å². The first-order valence-corrected chi connectivity index (χ1v) is 9.15. The van der Waals surface area contributed by atoms with Crippen LogP contribution in [-0.4, -0.2) is 54.7 Å².